The lowest BCUT2D eigenvalue weighted by molar-refractivity contribution is -0.120. The van der Waals surface area contributed by atoms with Crippen molar-refractivity contribution in [1.82, 2.24) is 19.4 Å². The van der Waals surface area contributed by atoms with Gasteiger partial charge >= 0.3 is 0 Å². The number of hydrogen-bond donors (Lipinski definition) is 1. The zero-order chi connectivity index (χ0) is 20.0. The summed E-state index contributed by atoms with van der Waals surface area (Å²) in [7, 11) is 0. The summed E-state index contributed by atoms with van der Waals surface area (Å²) in [5, 5.41) is 4.24. The van der Waals surface area contributed by atoms with E-state index in [9.17, 15) is 18.4 Å². The number of carbonyl (C=O) groups is 1. The van der Waals surface area contributed by atoms with E-state index in [1.54, 1.807) is 19.9 Å². The zero-order valence-corrected chi connectivity index (χ0v) is 17.3. The van der Waals surface area contributed by atoms with Crippen LogP contribution in [0.15, 0.2) is 15.3 Å². The van der Waals surface area contributed by atoms with Crippen molar-refractivity contribution >= 4 is 43.4 Å². The summed E-state index contributed by atoms with van der Waals surface area (Å²) < 4.78 is 28.5. The van der Waals surface area contributed by atoms with Gasteiger partial charge in [-0.15, -0.1) is 11.3 Å². The fourth-order valence-electron chi connectivity index (χ4n) is 2.69. The monoisotopic (exact) mass is 459 g/mol. The van der Waals surface area contributed by atoms with Crippen LogP contribution in [0.25, 0.3) is 10.2 Å². The molecule has 0 radical (unpaired) electrons. The number of aryl methyl sites for hydroxylation is 2. The van der Waals surface area contributed by atoms with Gasteiger partial charge in [0.15, 0.2) is 0 Å². The molecule has 144 valence electrons. The highest BCUT2D eigenvalue weighted by Crippen LogP contribution is 2.30. The van der Waals surface area contributed by atoms with Gasteiger partial charge in [0.05, 0.1) is 15.6 Å². The molecule has 7 nitrogen and oxygen atoms in total. The molecule has 3 aromatic rings. The minimum Gasteiger partial charge on any atom is -0.271 e. The Labute approximate surface area is 165 Å². The number of amides is 1. The van der Waals surface area contributed by atoms with Crippen LogP contribution in [0.5, 0.6) is 0 Å². The maximum Gasteiger partial charge on any atom is 0.283 e. The van der Waals surface area contributed by atoms with E-state index in [0.717, 1.165) is 9.55 Å². The third-order valence-electron chi connectivity index (χ3n) is 4.13. The van der Waals surface area contributed by atoms with Crippen LogP contribution in [-0.4, -0.2) is 25.3 Å². The summed E-state index contributed by atoms with van der Waals surface area (Å²) in [6, 6.07) is 0.796. The molecule has 1 amide bonds. The Morgan fingerprint density at radius 2 is 2.00 bits per heavy atom. The van der Waals surface area contributed by atoms with Crippen molar-refractivity contribution in [2.24, 2.45) is 0 Å². The Morgan fingerprint density at radius 3 is 2.59 bits per heavy atom. The van der Waals surface area contributed by atoms with Gasteiger partial charge in [0, 0.05) is 4.88 Å². The lowest BCUT2D eigenvalue weighted by Crippen LogP contribution is -2.38. The van der Waals surface area contributed by atoms with Gasteiger partial charge in [-0.25, -0.2) is 18.4 Å². The SMILES string of the molecule is Cc1cc2c(=O)n(NC(=O)C(C)n3nc(C(F)F)c(Br)c3C)c(C)nc2s1. The Balaban J connectivity index is 1.95. The highest BCUT2D eigenvalue weighted by Gasteiger charge is 2.26. The van der Waals surface area contributed by atoms with Gasteiger partial charge in [-0.3, -0.25) is 19.7 Å². The number of fused-ring (bicyclic) bond motifs is 1. The Kier molecular flexibility index (Phi) is 5.17. The minimum absolute atomic E-state index is 0.155. The molecule has 0 saturated carbocycles. The molecule has 0 aliphatic rings. The van der Waals surface area contributed by atoms with E-state index >= 15 is 0 Å². The van der Waals surface area contributed by atoms with Crippen molar-refractivity contribution < 1.29 is 13.6 Å². The molecule has 27 heavy (non-hydrogen) atoms. The van der Waals surface area contributed by atoms with Gasteiger partial charge in [0.2, 0.25) is 0 Å². The van der Waals surface area contributed by atoms with Gasteiger partial charge in [-0.1, -0.05) is 0 Å². The van der Waals surface area contributed by atoms with Crippen LogP contribution in [-0.2, 0) is 4.79 Å². The number of halogens is 3. The van der Waals surface area contributed by atoms with Crippen LogP contribution in [0.3, 0.4) is 0 Å². The smallest absolute Gasteiger partial charge is 0.271 e. The topological polar surface area (TPSA) is 81.8 Å². The van der Waals surface area contributed by atoms with Crippen molar-refractivity contribution in [2.45, 2.75) is 40.2 Å². The largest absolute Gasteiger partial charge is 0.283 e. The highest BCUT2D eigenvalue weighted by molar-refractivity contribution is 9.10. The first-order valence-corrected chi connectivity index (χ1v) is 9.56. The van der Waals surface area contributed by atoms with Gasteiger partial charge in [-0.05, 0) is 49.7 Å². The normalized spacial score (nSPS) is 12.7. The van der Waals surface area contributed by atoms with E-state index in [4.69, 9.17) is 0 Å². The average molecular weight is 460 g/mol. The zero-order valence-electron chi connectivity index (χ0n) is 14.9. The Morgan fingerprint density at radius 1 is 1.33 bits per heavy atom. The number of carbonyl (C=O) groups excluding carboxylic acids is 1. The first-order valence-electron chi connectivity index (χ1n) is 7.95. The second-order valence-electron chi connectivity index (χ2n) is 6.06. The maximum absolute atomic E-state index is 13.0. The van der Waals surface area contributed by atoms with Crippen molar-refractivity contribution in [3.8, 4) is 0 Å². The third kappa shape index (κ3) is 3.41. The molecule has 3 heterocycles. The summed E-state index contributed by atoms with van der Waals surface area (Å²) >= 11 is 4.47. The molecular formula is C16H16BrF2N5O2S. The predicted molar refractivity (Wildman–Crippen MR) is 102 cm³/mol. The molecule has 3 rings (SSSR count). The van der Waals surface area contributed by atoms with Crippen LogP contribution in [0.2, 0.25) is 0 Å². The van der Waals surface area contributed by atoms with Crippen molar-refractivity contribution in [1.29, 1.82) is 0 Å². The number of alkyl halides is 2. The van der Waals surface area contributed by atoms with Crippen LogP contribution < -0.4 is 11.0 Å². The molecule has 0 aliphatic carbocycles. The molecule has 1 unspecified atom stereocenters. The fraction of sp³-hybridized carbons (Fsp3) is 0.375. The van der Waals surface area contributed by atoms with Crippen LogP contribution in [0.4, 0.5) is 8.78 Å². The van der Waals surface area contributed by atoms with E-state index in [2.05, 4.69) is 31.4 Å². The molecule has 1 atom stereocenters. The number of thiophene rings is 1. The van der Waals surface area contributed by atoms with Crippen molar-refractivity contribution in [3.05, 3.63) is 43.0 Å². The number of nitrogens with one attached hydrogen (secondary N) is 1. The molecule has 0 aromatic carbocycles. The van der Waals surface area contributed by atoms with Gasteiger partial charge in [0.1, 0.15) is 22.4 Å². The fourth-order valence-corrected chi connectivity index (χ4v) is 4.04. The minimum atomic E-state index is -2.77. The van der Waals surface area contributed by atoms with Gasteiger partial charge in [0.25, 0.3) is 17.9 Å². The second-order valence-corrected chi connectivity index (χ2v) is 8.09. The van der Waals surface area contributed by atoms with Crippen molar-refractivity contribution in [2.75, 3.05) is 5.43 Å². The summed E-state index contributed by atoms with van der Waals surface area (Å²) in [4.78, 5) is 31.2. The molecule has 0 aliphatic heterocycles. The lowest BCUT2D eigenvalue weighted by atomic mass is 10.3. The lowest BCUT2D eigenvalue weighted by Gasteiger charge is -2.16. The number of nitrogens with zero attached hydrogens (tertiary/aromatic N) is 4. The molecule has 0 spiro atoms. The molecule has 0 saturated heterocycles. The Hall–Kier alpha value is -2.14. The van der Waals surface area contributed by atoms with Crippen LogP contribution >= 0.6 is 27.3 Å². The predicted octanol–water partition coefficient (Wildman–Crippen LogP) is 3.61. The number of aromatic nitrogens is 4. The first-order chi connectivity index (χ1) is 12.6. The molecule has 0 bridgehead atoms. The second kappa shape index (κ2) is 7.12. The number of hydrogen-bond acceptors (Lipinski definition) is 5. The van der Waals surface area contributed by atoms with Crippen LogP contribution in [0.1, 0.15) is 41.5 Å². The summed E-state index contributed by atoms with van der Waals surface area (Å²) in [6.07, 6.45) is -2.77. The standard InChI is InChI=1S/C16H16BrF2N5O2S/c1-6-5-10-15(27-6)20-9(4)24(16(10)26)22-14(25)8(3)23-7(2)11(17)12(21-23)13(18)19/h5,8,13H,1-4H3,(H,22,25). The summed E-state index contributed by atoms with van der Waals surface area (Å²) in [6.45, 7) is 6.56. The van der Waals surface area contributed by atoms with E-state index in [1.807, 2.05) is 6.92 Å². The van der Waals surface area contributed by atoms with E-state index < -0.39 is 29.6 Å². The Bertz CT molecular complexity index is 1100. The first kappa shape index (κ1) is 19.6. The van der Waals surface area contributed by atoms with E-state index in [-0.39, 0.29) is 4.47 Å². The average Bonchev–Trinajstić information content (AvgIpc) is 3.11. The van der Waals surface area contributed by atoms with E-state index in [0.29, 0.717) is 21.7 Å². The van der Waals surface area contributed by atoms with Crippen LogP contribution in [0, 0.1) is 20.8 Å². The molecule has 0 fully saturated rings. The van der Waals surface area contributed by atoms with E-state index in [1.165, 1.54) is 22.9 Å². The van der Waals surface area contributed by atoms with Gasteiger partial charge in [-0.2, -0.15) is 5.10 Å². The molecule has 11 heteroatoms. The summed E-state index contributed by atoms with van der Waals surface area (Å²) in [5.41, 5.74) is 2.07. The molecule has 3 aromatic heterocycles. The highest BCUT2D eigenvalue weighted by atomic mass is 79.9. The molecule has 1 N–H and O–H groups in total. The third-order valence-corrected chi connectivity index (χ3v) is 6.06. The maximum atomic E-state index is 13.0. The summed E-state index contributed by atoms with van der Waals surface area (Å²) in [5.74, 6) is -0.256. The van der Waals surface area contributed by atoms with Crippen molar-refractivity contribution in [3.63, 3.8) is 0 Å². The number of rotatable bonds is 4. The van der Waals surface area contributed by atoms with Gasteiger partial charge < -0.3 is 0 Å². The molecular weight excluding hydrogens is 444 g/mol. The quantitative estimate of drug-likeness (QED) is 0.645.